The van der Waals surface area contributed by atoms with E-state index in [1.165, 1.54) is 22.7 Å². The summed E-state index contributed by atoms with van der Waals surface area (Å²) in [6, 6.07) is 17.1. The largest absolute Gasteiger partial charge is 0.289 e. The molecule has 8 heteroatoms. The van der Waals surface area contributed by atoms with Crippen LogP contribution in [0.3, 0.4) is 0 Å². The smallest absolute Gasteiger partial charge is 0.272 e. The van der Waals surface area contributed by atoms with E-state index in [1.54, 1.807) is 18.2 Å². The van der Waals surface area contributed by atoms with Gasteiger partial charge in [0.15, 0.2) is 5.65 Å². The van der Waals surface area contributed by atoms with Crippen LogP contribution < -0.4 is 5.56 Å². The van der Waals surface area contributed by atoms with Crippen molar-refractivity contribution in [1.29, 1.82) is 0 Å². The number of nitrogens with one attached hydrogen (secondary N) is 1. The molecule has 144 valence electrons. The van der Waals surface area contributed by atoms with Crippen LogP contribution in [-0.4, -0.2) is 29.6 Å². The van der Waals surface area contributed by atoms with Gasteiger partial charge in [0, 0.05) is 18.6 Å². The van der Waals surface area contributed by atoms with E-state index in [-0.39, 0.29) is 17.4 Å². The summed E-state index contributed by atoms with van der Waals surface area (Å²) >= 11 is 0. The molecule has 0 fully saturated rings. The average Bonchev–Trinajstić information content (AvgIpc) is 3.33. The van der Waals surface area contributed by atoms with Crippen LogP contribution in [0, 0.1) is 5.82 Å². The van der Waals surface area contributed by atoms with E-state index in [9.17, 15) is 9.18 Å². The first-order valence-corrected chi connectivity index (χ1v) is 9.26. The number of nitrogens with zero attached hydrogens (tertiary/aromatic N) is 5. The normalized spacial score (nSPS) is 12.6. The second-order valence-corrected chi connectivity index (χ2v) is 7.03. The fraction of sp³-hybridized carbons (Fsp3) is 0.143. The zero-order chi connectivity index (χ0) is 20.0. The molecule has 5 aromatic rings. The molecule has 0 spiro atoms. The van der Waals surface area contributed by atoms with Gasteiger partial charge in [-0.2, -0.15) is 0 Å². The van der Waals surface area contributed by atoms with Gasteiger partial charge in [-0.25, -0.2) is 18.6 Å². The molecule has 0 aliphatic rings. The maximum atomic E-state index is 13.2. The van der Waals surface area contributed by atoms with Crippen LogP contribution in [0.15, 0.2) is 65.5 Å². The van der Waals surface area contributed by atoms with Gasteiger partial charge in [-0.15, -0.1) is 5.10 Å². The number of rotatable bonds is 4. The fourth-order valence-corrected chi connectivity index (χ4v) is 3.52. The number of aromatic nitrogens is 6. The van der Waals surface area contributed by atoms with Gasteiger partial charge >= 0.3 is 0 Å². The van der Waals surface area contributed by atoms with Gasteiger partial charge in [-0.1, -0.05) is 17.3 Å². The van der Waals surface area contributed by atoms with Crippen molar-refractivity contribution in [2.45, 2.75) is 19.4 Å². The van der Waals surface area contributed by atoms with Gasteiger partial charge in [0.2, 0.25) is 0 Å². The van der Waals surface area contributed by atoms with Crippen molar-refractivity contribution < 1.29 is 4.39 Å². The Morgan fingerprint density at radius 1 is 1.10 bits per heavy atom. The van der Waals surface area contributed by atoms with Crippen molar-refractivity contribution in [3.05, 3.63) is 82.5 Å². The molecule has 29 heavy (non-hydrogen) atoms. The molecule has 3 aromatic heterocycles. The van der Waals surface area contributed by atoms with Gasteiger partial charge in [-0.3, -0.25) is 9.89 Å². The topological polar surface area (TPSA) is 80.9 Å². The van der Waals surface area contributed by atoms with Crippen LogP contribution in [0.2, 0.25) is 0 Å². The molecule has 3 heterocycles. The highest BCUT2D eigenvalue weighted by Crippen LogP contribution is 2.21. The molecule has 0 saturated carbocycles. The lowest BCUT2D eigenvalue weighted by Gasteiger charge is -2.12. The Bertz CT molecular complexity index is 1380. The van der Waals surface area contributed by atoms with E-state index in [4.69, 9.17) is 0 Å². The summed E-state index contributed by atoms with van der Waals surface area (Å²) in [7, 11) is 0. The summed E-state index contributed by atoms with van der Waals surface area (Å²) in [5.41, 5.74) is 4.24. The lowest BCUT2D eigenvalue weighted by atomic mass is 10.1. The number of halogens is 1. The Kier molecular flexibility index (Phi) is 3.97. The van der Waals surface area contributed by atoms with Crippen molar-refractivity contribution in [3.63, 3.8) is 0 Å². The number of benzene rings is 2. The van der Waals surface area contributed by atoms with Gasteiger partial charge in [-0.05, 0) is 48.9 Å². The van der Waals surface area contributed by atoms with Crippen LogP contribution in [0.4, 0.5) is 4.39 Å². The highest BCUT2D eigenvalue weighted by Gasteiger charge is 2.14. The standard InChI is InChI=1S/C21H17FN6O/c1-13(27-19-5-3-2-4-17(19)24-26-27)10-16-11-21(29)28-20(23-16)12-18(25-28)14-6-8-15(22)9-7-14/h2-9,11-13,25H,10H2,1H3/t13-/m1/s1. The number of aromatic amines is 1. The van der Waals surface area contributed by atoms with Gasteiger partial charge in [0.05, 0.1) is 22.9 Å². The van der Waals surface area contributed by atoms with E-state index in [1.807, 2.05) is 35.9 Å². The molecular weight excluding hydrogens is 371 g/mol. The molecule has 0 radical (unpaired) electrons. The summed E-state index contributed by atoms with van der Waals surface area (Å²) in [6.07, 6.45) is 0.538. The minimum Gasteiger partial charge on any atom is -0.289 e. The SMILES string of the molecule is C[C@H](Cc1cc(=O)n2[nH]c(-c3ccc(F)cc3)cc2n1)n1nnc2ccccc21. The Morgan fingerprint density at radius 2 is 1.90 bits per heavy atom. The van der Waals surface area contributed by atoms with Gasteiger partial charge < -0.3 is 0 Å². The molecule has 1 atom stereocenters. The van der Waals surface area contributed by atoms with Crippen molar-refractivity contribution >= 4 is 16.7 Å². The highest BCUT2D eigenvalue weighted by atomic mass is 19.1. The van der Waals surface area contributed by atoms with Crippen molar-refractivity contribution in [1.82, 2.24) is 29.6 Å². The Morgan fingerprint density at radius 3 is 2.72 bits per heavy atom. The van der Waals surface area contributed by atoms with Crippen LogP contribution in [-0.2, 0) is 6.42 Å². The molecule has 2 aromatic carbocycles. The molecule has 0 bridgehead atoms. The molecule has 0 amide bonds. The molecule has 0 unspecified atom stereocenters. The lowest BCUT2D eigenvalue weighted by Crippen LogP contribution is -2.18. The third kappa shape index (κ3) is 3.08. The predicted octanol–water partition coefficient (Wildman–Crippen LogP) is 3.38. The van der Waals surface area contributed by atoms with Crippen LogP contribution in [0.1, 0.15) is 18.7 Å². The minimum absolute atomic E-state index is 0.0211. The summed E-state index contributed by atoms with van der Waals surface area (Å²) in [5.74, 6) is -0.308. The minimum atomic E-state index is -0.308. The second kappa shape index (κ2) is 6.66. The van der Waals surface area contributed by atoms with E-state index < -0.39 is 0 Å². The third-order valence-electron chi connectivity index (χ3n) is 4.96. The predicted molar refractivity (Wildman–Crippen MR) is 107 cm³/mol. The number of fused-ring (bicyclic) bond motifs is 2. The summed E-state index contributed by atoms with van der Waals surface area (Å²) in [4.78, 5) is 17.2. The Labute approximate surface area is 164 Å². The zero-order valence-electron chi connectivity index (χ0n) is 15.6. The van der Waals surface area contributed by atoms with Gasteiger partial charge in [0.1, 0.15) is 11.3 Å². The molecule has 0 saturated heterocycles. The maximum Gasteiger partial charge on any atom is 0.272 e. The Hall–Kier alpha value is -3.81. The van der Waals surface area contributed by atoms with E-state index >= 15 is 0 Å². The van der Waals surface area contributed by atoms with Crippen molar-refractivity contribution in [2.24, 2.45) is 0 Å². The molecular formula is C21H17FN6O. The molecule has 7 nitrogen and oxygen atoms in total. The molecule has 5 rings (SSSR count). The summed E-state index contributed by atoms with van der Waals surface area (Å²) in [5, 5.41) is 11.5. The quantitative estimate of drug-likeness (QED) is 0.512. The Balaban J connectivity index is 1.49. The van der Waals surface area contributed by atoms with Crippen LogP contribution in [0.5, 0.6) is 0 Å². The van der Waals surface area contributed by atoms with E-state index in [2.05, 4.69) is 20.4 Å². The number of hydrogen-bond donors (Lipinski definition) is 1. The monoisotopic (exact) mass is 388 g/mol. The zero-order valence-corrected chi connectivity index (χ0v) is 15.6. The van der Waals surface area contributed by atoms with Crippen molar-refractivity contribution in [2.75, 3.05) is 0 Å². The highest BCUT2D eigenvalue weighted by molar-refractivity contribution is 5.74. The summed E-state index contributed by atoms with van der Waals surface area (Å²) < 4.78 is 16.4. The van der Waals surface area contributed by atoms with E-state index in [0.717, 1.165) is 16.6 Å². The van der Waals surface area contributed by atoms with Crippen LogP contribution in [0.25, 0.3) is 27.9 Å². The van der Waals surface area contributed by atoms with Gasteiger partial charge in [0.25, 0.3) is 5.56 Å². The number of hydrogen-bond acceptors (Lipinski definition) is 4. The molecule has 0 aliphatic carbocycles. The van der Waals surface area contributed by atoms with Crippen molar-refractivity contribution in [3.8, 4) is 11.3 Å². The first-order valence-electron chi connectivity index (χ1n) is 9.26. The molecule has 0 aliphatic heterocycles. The maximum absolute atomic E-state index is 13.2. The first-order chi connectivity index (χ1) is 14.1. The fourth-order valence-electron chi connectivity index (χ4n) is 3.52. The van der Waals surface area contributed by atoms with E-state index in [0.29, 0.717) is 23.5 Å². The number of H-pyrrole nitrogens is 1. The van der Waals surface area contributed by atoms with Crippen LogP contribution >= 0.6 is 0 Å². The molecule has 1 N–H and O–H groups in total. The average molecular weight is 388 g/mol. The third-order valence-corrected chi connectivity index (χ3v) is 4.96. The summed E-state index contributed by atoms with van der Waals surface area (Å²) in [6.45, 7) is 2.02. The number of para-hydroxylation sites is 1. The first kappa shape index (κ1) is 17.3. The lowest BCUT2D eigenvalue weighted by molar-refractivity contribution is 0.484. The second-order valence-electron chi connectivity index (χ2n) is 7.03.